The van der Waals surface area contributed by atoms with Crippen LogP contribution in [0.15, 0.2) is 47.2 Å². The minimum atomic E-state index is -0.293. The van der Waals surface area contributed by atoms with Crippen molar-refractivity contribution in [2.75, 3.05) is 11.1 Å². The summed E-state index contributed by atoms with van der Waals surface area (Å²) in [6, 6.07) is 6.18. The summed E-state index contributed by atoms with van der Waals surface area (Å²) in [5, 5.41) is 15.0. The lowest BCUT2D eigenvalue weighted by atomic mass is 10.2. The molecule has 2 heterocycles. The zero-order chi connectivity index (χ0) is 17.6. The Morgan fingerprint density at radius 3 is 2.84 bits per heavy atom. The van der Waals surface area contributed by atoms with Gasteiger partial charge in [-0.05, 0) is 17.7 Å². The van der Waals surface area contributed by atoms with Gasteiger partial charge in [-0.1, -0.05) is 23.9 Å². The largest absolute Gasteiger partial charge is 0.390 e. The van der Waals surface area contributed by atoms with Gasteiger partial charge >= 0.3 is 0 Å². The van der Waals surface area contributed by atoms with Crippen LogP contribution in [0.4, 0.5) is 9.52 Å². The molecule has 1 aromatic carbocycles. The van der Waals surface area contributed by atoms with Gasteiger partial charge in [0.1, 0.15) is 5.82 Å². The van der Waals surface area contributed by atoms with Crippen molar-refractivity contribution in [1.82, 2.24) is 14.5 Å². The Bertz CT molecular complexity index is 834. The number of carbonyl (C=O) groups excluding carboxylic acids is 1. The van der Waals surface area contributed by atoms with Crippen molar-refractivity contribution in [3.05, 3.63) is 59.1 Å². The highest BCUT2D eigenvalue weighted by Crippen LogP contribution is 2.20. The zero-order valence-corrected chi connectivity index (χ0v) is 14.7. The summed E-state index contributed by atoms with van der Waals surface area (Å²) in [5.74, 6) is -0.300. The van der Waals surface area contributed by atoms with E-state index < -0.39 is 0 Å². The fourth-order valence-electron chi connectivity index (χ4n) is 2.11. The number of aliphatic hydroxyl groups is 1. The molecule has 0 saturated heterocycles. The fraction of sp³-hybridized carbons (Fsp3) is 0.188. The first-order valence-corrected chi connectivity index (χ1v) is 9.24. The molecular weight excluding hydrogens is 363 g/mol. The lowest BCUT2D eigenvalue weighted by Gasteiger charge is -2.07. The Labute approximate surface area is 151 Å². The maximum atomic E-state index is 13.0. The molecule has 0 aliphatic rings. The molecule has 3 rings (SSSR count). The van der Waals surface area contributed by atoms with E-state index >= 15 is 0 Å². The Balaban J connectivity index is 1.66. The van der Waals surface area contributed by atoms with Crippen LogP contribution < -0.4 is 5.32 Å². The summed E-state index contributed by atoms with van der Waals surface area (Å²) in [4.78, 5) is 20.3. The van der Waals surface area contributed by atoms with Gasteiger partial charge < -0.3 is 15.0 Å². The average Bonchev–Trinajstić information content (AvgIpc) is 3.25. The first-order chi connectivity index (χ1) is 12.1. The van der Waals surface area contributed by atoms with Crippen LogP contribution >= 0.6 is 23.1 Å². The molecule has 25 heavy (non-hydrogen) atoms. The fourth-order valence-corrected chi connectivity index (χ4v) is 3.46. The third-order valence-corrected chi connectivity index (χ3v) is 4.91. The number of carbonyl (C=O) groups is 1. The molecule has 2 N–H and O–H groups in total. The van der Waals surface area contributed by atoms with E-state index in [-0.39, 0.29) is 24.1 Å². The SMILES string of the molecule is O=C(CSc1nc(CO)cn1Cc1ccc(F)cc1)Nc1nccs1. The van der Waals surface area contributed by atoms with Gasteiger partial charge in [-0.15, -0.1) is 11.3 Å². The third-order valence-electron chi connectivity index (χ3n) is 3.23. The number of aliphatic hydroxyl groups excluding tert-OH is 1. The van der Waals surface area contributed by atoms with E-state index in [1.165, 1.54) is 35.2 Å². The number of amides is 1. The van der Waals surface area contributed by atoms with E-state index in [9.17, 15) is 14.3 Å². The molecule has 0 fully saturated rings. The topological polar surface area (TPSA) is 80.0 Å². The second-order valence-electron chi connectivity index (χ2n) is 5.10. The minimum Gasteiger partial charge on any atom is -0.390 e. The molecule has 9 heteroatoms. The number of aromatic nitrogens is 3. The minimum absolute atomic E-state index is 0.172. The summed E-state index contributed by atoms with van der Waals surface area (Å²) in [6.45, 7) is 0.291. The highest BCUT2D eigenvalue weighted by atomic mass is 32.2. The van der Waals surface area contributed by atoms with Crippen LogP contribution in [-0.4, -0.2) is 31.3 Å². The van der Waals surface area contributed by atoms with Crippen molar-refractivity contribution < 1.29 is 14.3 Å². The van der Waals surface area contributed by atoms with Crippen LogP contribution in [0.2, 0.25) is 0 Å². The van der Waals surface area contributed by atoms with E-state index in [1.807, 2.05) is 4.57 Å². The first-order valence-electron chi connectivity index (χ1n) is 7.37. The zero-order valence-electron chi connectivity index (χ0n) is 13.1. The Kier molecular flexibility index (Phi) is 5.79. The van der Waals surface area contributed by atoms with Gasteiger partial charge in [0.15, 0.2) is 10.3 Å². The van der Waals surface area contributed by atoms with Crippen LogP contribution in [0, 0.1) is 5.82 Å². The molecule has 0 saturated carbocycles. The van der Waals surface area contributed by atoms with E-state index in [2.05, 4.69) is 15.3 Å². The Morgan fingerprint density at radius 2 is 2.16 bits per heavy atom. The van der Waals surface area contributed by atoms with E-state index in [0.29, 0.717) is 22.5 Å². The molecule has 0 bridgehead atoms. The van der Waals surface area contributed by atoms with Crippen LogP contribution in [0.3, 0.4) is 0 Å². The van der Waals surface area contributed by atoms with Gasteiger partial charge in [0.25, 0.3) is 0 Å². The maximum absolute atomic E-state index is 13.0. The third kappa shape index (κ3) is 4.88. The molecule has 1 amide bonds. The summed E-state index contributed by atoms with van der Waals surface area (Å²) >= 11 is 2.62. The average molecular weight is 378 g/mol. The highest BCUT2D eigenvalue weighted by Gasteiger charge is 2.12. The van der Waals surface area contributed by atoms with Gasteiger partial charge in [-0.3, -0.25) is 4.79 Å². The van der Waals surface area contributed by atoms with Crippen molar-refractivity contribution in [2.24, 2.45) is 0 Å². The molecule has 0 aliphatic carbocycles. The standard InChI is InChI=1S/C16H15FN4O2S2/c17-12-3-1-11(2-4-12)7-21-8-13(9-22)19-16(21)25-10-14(23)20-15-18-5-6-24-15/h1-6,8,22H,7,9-10H2,(H,18,20,23). The van der Waals surface area contributed by atoms with Crippen molar-refractivity contribution >= 4 is 34.1 Å². The number of thioether (sulfide) groups is 1. The van der Waals surface area contributed by atoms with Crippen LogP contribution in [-0.2, 0) is 17.9 Å². The molecule has 0 unspecified atom stereocenters. The van der Waals surface area contributed by atoms with Gasteiger partial charge in [0.05, 0.1) is 18.1 Å². The molecule has 0 atom stereocenters. The molecule has 3 aromatic rings. The molecule has 0 aliphatic heterocycles. The summed E-state index contributed by atoms with van der Waals surface area (Å²) in [5.41, 5.74) is 1.42. The second kappa shape index (κ2) is 8.24. The predicted molar refractivity (Wildman–Crippen MR) is 95.1 cm³/mol. The molecule has 0 spiro atoms. The van der Waals surface area contributed by atoms with Crippen molar-refractivity contribution in [3.8, 4) is 0 Å². The maximum Gasteiger partial charge on any atom is 0.236 e. The van der Waals surface area contributed by atoms with Crippen molar-refractivity contribution in [2.45, 2.75) is 18.3 Å². The van der Waals surface area contributed by atoms with Gasteiger partial charge in [0, 0.05) is 24.3 Å². The van der Waals surface area contributed by atoms with E-state index in [1.54, 1.807) is 29.9 Å². The van der Waals surface area contributed by atoms with Crippen molar-refractivity contribution in [1.29, 1.82) is 0 Å². The predicted octanol–water partition coefficient (Wildman–Crippen LogP) is 2.75. The molecule has 0 radical (unpaired) electrons. The number of benzene rings is 1. The number of nitrogens with zero attached hydrogens (tertiary/aromatic N) is 3. The Hall–Kier alpha value is -2.23. The van der Waals surface area contributed by atoms with Gasteiger partial charge in [0.2, 0.25) is 5.91 Å². The summed E-state index contributed by atoms with van der Waals surface area (Å²) < 4.78 is 14.9. The van der Waals surface area contributed by atoms with Crippen molar-refractivity contribution in [3.63, 3.8) is 0 Å². The Morgan fingerprint density at radius 1 is 1.36 bits per heavy atom. The summed E-state index contributed by atoms with van der Waals surface area (Å²) in [7, 11) is 0. The number of halogens is 1. The monoisotopic (exact) mass is 378 g/mol. The number of hydrogen-bond acceptors (Lipinski definition) is 6. The highest BCUT2D eigenvalue weighted by molar-refractivity contribution is 7.99. The van der Waals surface area contributed by atoms with Crippen LogP contribution in [0.1, 0.15) is 11.3 Å². The van der Waals surface area contributed by atoms with Crippen LogP contribution in [0.25, 0.3) is 0 Å². The van der Waals surface area contributed by atoms with E-state index in [0.717, 1.165) is 5.56 Å². The number of thiazole rings is 1. The number of nitrogens with one attached hydrogen (secondary N) is 1. The number of rotatable bonds is 7. The molecule has 6 nitrogen and oxygen atoms in total. The summed E-state index contributed by atoms with van der Waals surface area (Å²) in [6.07, 6.45) is 3.35. The number of hydrogen-bond donors (Lipinski definition) is 2. The normalized spacial score (nSPS) is 10.8. The van der Waals surface area contributed by atoms with E-state index in [4.69, 9.17) is 0 Å². The van der Waals surface area contributed by atoms with Gasteiger partial charge in [-0.2, -0.15) is 0 Å². The molecule has 2 aromatic heterocycles. The lowest BCUT2D eigenvalue weighted by Crippen LogP contribution is -2.14. The first kappa shape index (κ1) is 17.6. The van der Waals surface area contributed by atoms with Gasteiger partial charge in [-0.25, -0.2) is 14.4 Å². The smallest absolute Gasteiger partial charge is 0.236 e. The molecular formula is C16H15FN4O2S2. The van der Waals surface area contributed by atoms with Crippen LogP contribution in [0.5, 0.6) is 0 Å². The lowest BCUT2D eigenvalue weighted by molar-refractivity contribution is -0.113. The number of imidazole rings is 1. The number of anilines is 1. The molecule has 130 valence electrons. The second-order valence-corrected chi connectivity index (χ2v) is 6.94. The quantitative estimate of drug-likeness (QED) is 0.618.